The van der Waals surface area contributed by atoms with Gasteiger partial charge < -0.3 is 4.42 Å². The van der Waals surface area contributed by atoms with Crippen LogP contribution in [0.15, 0.2) is 138 Å². The first kappa shape index (κ1) is 30.4. The Balaban J connectivity index is 1.46. The number of aromatic nitrogens is 1. The lowest BCUT2D eigenvalue weighted by Gasteiger charge is -2.39. The number of furan rings is 1. The smallest absolute Gasteiger partial charge is 0.216 e. The van der Waals surface area contributed by atoms with Gasteiger partial charge in [-0.05, 0) is 63.3 Å². The van der Waals surface area contributed by atoms with Gasteiger partial charge in [-0.1, -0.05) is 118 Å². The monoisotopic (exact) mass is 627 g/mol. The summed E-state index contributed by atoms with van der Waals surface area (Å²) in [5.41, 5.74) is 7.45. The molecule has 2 aromatic heterocycles. The summed E-state index contributed by atoms with van der Waals surface area (Å²) in [7, 11) is -0.372. The number of benzene rings is 5. The molecule has 47 heavy (non-hydrogen) atoms. The molecule has 0 spiro atoms. The SMILES string of the molecule is Cc1ccc2c(oc3c(-c4ccc([Si](CC(C)(C)C)(c5ccccc5)c5ccccc5)cc4)c(C#N)ccc32)c1-c1cccc[n+]1C. The molecule has 230 valence electrons. The highest BCUT2D eigenvalue weighted by Gasteiger charge is 2.42. The van der Waals surface area contributed by atoms with Crippen LogP contribution in [0.5, 0.6) is 0 Å². The molecule has 0 fully saturated rings. The minimum atomic E-state index is -2.43. The predicted molar refractivity (Wildman–Crippen MR) is 197 cm³/mol. The molecule has 7 aromatic rings. The van der Waals surface area contributed by atoms with Gasteiger partial charge in [0.2, 0.25) is 5.69 Å². The highest BCUT2D eigenvalue weighted by molar-refractivity contribution is 7.11. The highest BCUT2D eigenvalue weighted by Crippen LogP contribution is 2.42. The fourth-order valence-corrected chi connectivity index (χ4v) is 12.9. The van der Waals surface area contributed by atoms with Crippen LogP contribution >= 0.6 is 0 Å². The summed E-state index contributed by atoms with van der Waals surface area (Å²) in [5.74, 6) is 0. The van der Waals surface area contributed by atoms with Crippen LogP contribution in [0.25, 0.3) is 44.3 Å². The Bertz CT molecular complexity index is 2230. The van der Waals surface area contributed by atoms with E-state index in [2.05, 4.69) is 161 Å². The second kappa shape index (κ2) is 11.8. The highest BCUT2D eigenvalue weighted by atomic mass is 28.3. The number of fused-ring (bicyclic) bond motifs is 3. The van der Waals surface area contributed by atoms with Gasteiger partial charge in [-0.25, -0.2) is 4.57 Å². The number of nitriles is 1. The van der Waals surface area contributed by atoms with Crippen molar-refractivity contribution >= 4 is 45.6 Å². The molecule has 0 aliphatic heterocycles. The molecule has 0 radical (unpaired) electrons. The summed E-state index contributed by atoms with van der Waals surface area (Å²) in [4.78, 5) is 0. The fraction of sp³-hybridized carbons (Fsp3) is 0.163. The largest absolute Gasteiger partial charge is 0.454 e. The van der Waals surface area contributed by atoms with E-state index in [1.807, 2.05) is 18.2 Å². The van der Waals surface area contributed by atoms with Crippen LogP contribution in [-0.4, -0.2) is 8.07 Å². The van der Waals surface area contributed by atoms with Crippen molar-refractivity contribution in [1.82, 2.24) is 0 Å². The molecular formula is C43H39N2OSi+. The number of aryl methyl sites for hydroxylation is 2. The molecule has 0 amide bonds. The van der Waals surface area contributed by atoms with Gasteiger partial charge in [-0.2, -0.15) is 5.26 Å². The summed E-state index contributed by atoms with van der Waals surface area (Å²) < 4.78 is 8.98. The van der Waals surface area contributed by atoms with E-state index in [0.717, 1.165) is 55.9 Å². The Morgan fingerprint density at radius 3 is 1.79 bits per heavy atom. The van der Waals surface area contributed by atoms with E-state index in [4.69, 9.17) is 4.42 Å². The van der Waals surface area contributed by atoms with Crippen molar-refractivity contribution in [3.8, 4) is 28.5 Å². The van der Waals surface area contributed by atoms with E-state index in [1.54, 1.807) is 0 Å². The van der Waals surface area contributed by atoms with Crippen molar-refractivity contribution < 1.29 is 8.98 Å². The molecule has 5 aromatic carbocycles. The molecule has 0 bridgehead atoms. The molecule has 7 rings (SSSR count). The summed E-state index contributed by atoms with van der Waals surface area (Å²) in [6.07, 6.45) is 2.06. The van der Waals surface area contributed by atoms with E-state index in [0.29, 0.717) is 5.56 Å². The van der Waals surface area contributed by atoms with E-state index in [1.165, 1.54) is 15.6 Å². The quantitative estimate of drug-likeness (QED) is 0.105. The fourth-order valence-electron chi connectivity index (χ4n) is 7.45. The third kappa shape index (κ3) is 5.27. The zero-order valence-corrected chi connectivity index (χ0v) is 28.7. The van der Waals surface area contributed by atoms with Gasteiger partial charge >= 0.3 is 0 Å². The maximum absolute atomic E-state index is 10.3. The lowest BCUT2D eigenvalue weighted by Crippen LogP contribution is -2.68. The molecule has 0 atom stereocenters. The summed E-state index contributed by atoms with van der Waals surface area (Å²) in [6.45, 7) is 9.17. The summed E-state index contributed by atoms with van der Waals surface area (Å²) >= 11 is 0. The van der Waals surface area contributed by atoms with E-state index in [9.17, 15) is 5.26 Å². The van der Waals surface area contributed by atoms with Crippen molar-refractivity contribution in [2.24, 2.45) is 12.5 Å². The number of rotatable bonds is 6. The number of nitrogens with zero attached hydrogens (tertiary/aromatic N) is 2. The van der Waals surface area contributed by atoms with Crippen molar-refractivity contribution in [3.63, 3.8) is 0 Å². The first-order valence-corrected chi connectivity index (χ1v) is 18.5. The van der Waals surface area contributed by atoms with Gasteiger partial charge in [0, 0.05) is 28.5 Å². The van der Waals surface area contributed by atoms with Gasteiger partial charge in [0.1, 0.15) is 26.3 Å². The molecule has 0 unspecified atom stereocenters. The zero-order valence-electron chi connectivity index (χ0n) is 27.7. The summed E-state index contributed by atoms with van der Waals surface area (Å²) in [6, 6.07) is 49.2. The van der Waals surface area contributed by atoms with Crippen LogP contribution in [0.2, 0.25) is 6.04 Å². The van der Waals surface area contributed by atoms with Crippen LogP contribution in [-0.2, 0) is 7.05 Å². The Kier molecular flexibility index (Phi) is 7.66. The maximum Gasteiger partial charge on any atom is 0.216 e. The molecule has 0 saturated carbocycles. The Hall–Kier alpha value is -5.24. The van der Waals surface area contributed by atoms with E-state index < -0.39 is 8.07 Å². The van der Waals surface area contributed by atoms with Crippen molar-refractivity contribution in [2.75, 3.05) is 0 Å². The first-order chi connectivity index (χ1) is 22.7. The third-order valence-electron chi connectivity index (χ3n) is 9.44. The van der Waals surface area contributed by atoms with Crippen LogP contribution in [0, 0.1) is 23.7 Å². The van der Waals surface area contributed by atoms with Gasteiger partial charge in [0.25, 0.3) is 0 Å². The Morgan fingerprint density at radius 1 is 0.660 bits per heavy atom. The lowest BCUT2D eigenvalue weighted by molar-refractivity contribution is -0.660. The normalized spacial score (nSPS) is 12.0. The molecule has 0 N–H and O–H groups in total. The topological polar surface area (TPSA) is 40.8 Å². The van der Waals surface area contributed by atoms with E-state index in [-0.39, 0.29) is 5.41 Å². The molecule has 0 aliphatic rings. The van der Waals surface area contributed by atoms with Crippen LogP contribution < -0.4 is 20.1 Å². The number of hydrogen-bond donors (Lipinski definition) is 0. The van der Waals surface area contributed by atoms with Crippen LogP contribution in [0.1, 0.15) is 31.9 Å². The average molecular weight is 628 g/mol. The van der Waals surface area contributed by atoms with Gasteiger partial charge in [0.05, 0.1) is 17.2 Å². The minimum absolute atomic E-state index is 0.107. The van der Waals surface area contributed by atoms with Crippen LogP contribution in [0.4, 0.5) is 0 Å². The Morgan fingerprint density at radius 2 is 1.21 bits per heavy atom. The lowest BCUT2D eigenvalue weighted by atomic mass is 9.96. The predicted octanol–water partition coefficient (Wildman–Crippen LogP) is 8.44. The molecular weight excluding hydrogens is 589 g/mol. The molecule has 4 heteroatoms. The Labute approximate surface area is 278 Å². The van der Waals surface area contributed by atoms with Crippen LogP contribution in [0.3, 0.4) is 0 Å². The third-order valence-corrected chi connectivity index (χ3v) is 15.0. The maximum atomic E-state index is 10.3. The summed E-state index contributed by atoms with van der Waals surface area (Å²) in [5, 5.41) is 16.6. The second-order valence-corrected chi connectivity index (χ2v) is 17.8. The van der Waals surface area contributed by atoms with Crippen molar-refractivity contribution in [3.05, 3.63) is 145 Å². The number of hydrogen-bond acceptors (Lipinski definition) is 2. The minimum Gasteiger partial charge on any atom is -0.454 e. The average Bonchev–Trinajstić information content (AvgIpc) is 3.46. The second-order valence-electron chi connectivity index (χ2n) is 13.9. The van der Waals surface area contributed by atoms with Crippen molar-refractivity contribution in [1.29, 1.82) is 5.26 Å². The van der Waals surface area contributed by atoms with Gasteiger partial charge in [-0.15, -0.1) is 0 Å². The molecule has 0 saturated heterocycles. The van der Waals surface area contributed by atoms with Gasteiger partial charge in [0.15, 0.2) is 6.20 Å². The van der Waals surface area contributed by atoms with E-state index >= 15 is 0 Å². The number of pyridine rings is 1. The molecule has 0 aliphatic carbocycles. The molecule has 2 heterocycles. The first-order valence-electron chi connectivity index (χ1n) is 16.3. The molecule has 3 nitrogen and oxygen atoms in total. The standard InChI is InChI=1S/C43H39N2OSi/c1-30-19-25-36-37-26-22-32(28-44)40(42(37)46-41(36)39(30)38-18-12-13-27-45(38)5)31-20-23-35(24-21-31)47(29-43(2,3)4,33-14-8-6-9-15-33)34-16-10-7-11-17-34/h6-27H,29H2,1-5H3/q+1. The van der Waals surface area contributed by atoms with Gasteiger partial charge in [-0.3, -0.25) is 0 Å². The zero-order chi connectivity index (χ0) is 32.8. The van der Waals surface area contributed by atoms with Crippen molar-refractivity contribution in [2.45, 2.75) is 33.7 Å².